The number of hydrogen-bond donors (Lipinski definition) is 1. The van der Waals surface area contributed by atoms with E-state index in [2.05, 4.69) is 64.6 Å². The van der Waals surface area contributed by atoms with Crippen LogP contribution in [-0.4, -0.2) is 0 Å². The smallest absolute Gasteiger partial charge is 0.0347 e. The van der Waals surface area contributed by atoms with E-state index in [-0.39, 0.29) is 4.75 Å². The van der Waals surface area contributed by atoms with Crippen LogP contribution in [0.25, 0.3) is 0 Å². The van der Waals surface area contributed by atoms with Gasteiger partial charge in [-0.2, -0.15) is 12.6 Å². The van der Waals surface area contributed by atoms with Crippen LogP contribution in [0.15, 0.2) is 24.3 Å². The van der Waals surface area contributed by atoms with Gasteiger partial charge >= 0.3 is 0 Å². The molecule has 1 rings (SSSR count). The Labute approximate surface area is 93.1 Å². The molecule has 0 heterocycles. The first-order chi connectivity index (χ1) is 6.47. The third-order valence-corrected chi connectivity index (χ3v) is 3.46. The lowest BCUT2D eigenvalue weighted by molar-refractivity contribution is 0.670. The molecule has 1 aromatic carbocycles. The molecule has 0 nitrogen and oxygen atoms in total. The molecule has 1 atom stereocenters. The standard InChI is InChI=1S/C13H20S/c1-5-13(4,14)12-8-6-11(7-9-12)10(2)3/h6-10,14H,5H2,1-4H3. The van der Waals surface area contributed by atoms with Gasteiger partial charge in [-0.15, -0.1) is 0 Å². The fourth-order valence-electron chi connectivity index (χ4n) is 1.43. The molecular formula is C13H20S. The van der Waals surface area contributed by atoms with Gasteiger partial charge in [0.15, 0.2) is 0 Å². The van der Waals surface area contributed by atoms with E-state index in [4.69, 9.17) is 0 Å². The lowest BCUT2D eigenvalue weighted by atomic mass is 9.94. The van der Waals surface area contributed by atoms with Gasteiger partial charge in [-0.3, -0.25) is 0 Å². The molecule has 14 heavy (non-hydrogen) atoms. The maximum absolute atomic E-state index is 4.66. The molecule has 0 bridgehead atoms. The van der Waals surface area contributed by atoms with Crippen molar-refractivity contribution in [3.63, 3.8) is 0 Å². The fourth-order valence-corrected chi connectivity index (χ4v) is 1.58. The van der Waals surface area contributed by atoms with Crippen LogP contribution in [0, 0.1) is 0 Å². The van der Waals surface area contributed by atoms with Crippen molar-refractivity contribution in [1.29, 1.82) is 0 Å². The van der Waals surface area contributed by atoms with Gasteiger partial charge in [0.2, 0.25) is 0 Å². The van der Waals surface area contributed by atoms with Crippen LogP contribution in [-0.2, 0) is 4.75 Å². The van der Waals surface area contributed by atoms with Crippen LogP contribution in [0.3, 0.4) is 0 Å². The molecule has 1 aromatic rings. The average Bonchev–Trinajstić information content (AvgIpc) is 2.18. The second-order valence-electron chi connectivity index (χ2n) is 4.40. The second-order valence-corrected chi connectivity index (χ2v) is 5.39. The molecular weight excluding hydrogens is 188 g/mol. The van der Waals surface area contributed by atoms with Crippen molar-refractivity contribution in [3.05, 3.63) is 35.4 Å². The van der Waals surface area contributed by atoms with Crippen molar-refractivity contribution in [2.75, 3.05) is 0 Å². The van der Waals surface area contributed by atoms with Gasteiger partial charge < -0.3 is 0 Å². The summed E-state index contributed by atoms with van der Waals surface area (Å²) in [5, 5.41) is 0. The maximum Gasteiger partial charge on any atom is 0.0347 e. The zero-order valence-electron chi connectivity index (χ0n) is 9.54. The van der Waals surface area contributed by atoms with Gasteiger partial charge in [-0.1, -0.05) is 45.0 Å². The van der Waals surface area contributed by atoms with Crippen molar-refractivity contribution in [3.8, 4) is 0 Å². The predicted octanol–water partition coefficient (Wildman–Crippen LogP) is 4.37. The third-order valence-electron chi connectivity index (χ3n) is 2.89. The molecule has 78 valence electrons. The number of rotatable bonds is 3. The summed E-state index contributed by atoms with van der Waals surface area (Å²) in [6, 6.07) is 8.83. The van der Waals surface area contributed by atoms with Gasteiger partial charge in [0.1, 0.15) is 0 Å². The molecule has 0 N–H and O–H groups in total. The minimum Gasteiger partial charge on any atom is -0.168 e. The highest BCUT2D eigenvalue weighted by Gasteiger charge is 2.18. The molecule has 0 aliphatic rings. The Bertz CT molecular complexity index is 283. The Balaban J connectivity index is 2.94. The van der Waals surface area contributed by atoms with Crippen molar-refractivity contribution >= 4 is 12.6 Å². The summed E-state index contributed by atoms with van der Waals surface area (Å²) < 4.78 is 0.00943. The minimum atomic E-state index is 0.00943. The summed E-state index contributed by atoms with van der Waals surface area (Å²) in [7, 11) is 0. The van der Waals surface area contributed by atoms with Crippen molar-refractivity contribution < 1.29 is 0 Å². The highest BCUT2D eigenvalue weighted by atomic mass is 32.1. The molecule has 0 saturated carbocycles. The zero-order valence-corrected chi connectivity index (χ0v) is 10.4. The zero-order chi connectivity index (χ0) is 10.8. The lowest BCUT2D eigenvalue weighted by Crippen LogP contribution is -2.11. The monoisotopic (exact) mass is 208 g/mol. The van der Waals surface area contributed by atoms with Crippen molar-refractivity contribution in [2.24, 2.45) is 0 Å². The molecule has 0 aliphatic heterocycles. The molecule has 0 fully saturated rings. The van der Waals surface area contributed by atoms with Gasteiger partial charge in [-0.05, 0) is 30.4 Å². The normalized spacial score (nSPS) is 15.6. The van der Waals surface area contributed by atoms with Crippen LogP contribution < -0.4 is 0 Å². The minimum absolute atomic E-state index is 0.00943. The first kappa shape index (κ1) is 11.6. The Morgan fingerprint density at radius 3 is 2.07 bits per heavy atom. The van der Waals surface area contributed by atoms with Gasteiger partial charge in [-0.25, -0.2) is 0 Å². The second kappa shape index (κ2) is 4.39. The molecule has 0 amide bonds. The first-order valence-electron chi connectivity index (χ1n) is 5.30. The van der Waals surface area contributed by atoms with Crippen LogP contribution in [0.2, 0.25) is 0 Å². The average molecular weight is 208 g/mol. The SMILES string of the molecule is CCC(C)(S)c1ccc(C(C)C)cc1. The quantitative estimate of drug-likeness (QED) is 0.701. The molecule has 1 heteroatoms. The van der Waals surface area contributed by atoms with Crippen LogP contribution in [0.1, 0.15) is 51.2 Å². The molecule has 1 unspecified atom stereocenters. The highest BCUT2D eigenvalue weighted by molar-refractivity contribution is 7.81. The molecule has 0 saturated heterocycles. The molecule has 0 aromatic heterocycles. The largest absolute Gasteiger partial charge is 0.168 e. The van der Waals surface area contributed by atoms with E-state index < -0.39 is 0 Å². The Kier molecular flexibility index (Phi) is 3.65. The van der Waals surface area contributed by atoms with E-state index in [9.17, 15) is 0 Å². The molecule has 0 aliphatic carbocycles. The van der Waals surface area contributed by atoms with Crippen molar-refractivity contribution in [1.82, 2.24) is 0 Å². The summed E-state index contributed by atoms with van der Waals surface area (Å²) in [6.07, 6.45) is 1.05. The first-order valence-corrected chi connectivity index (χ1v) is 5.75. The van der Waals surface area contributed by atoms with E-state index in [1.807, 2.05) is 0 Å². The van der Waals surface area contributed by atoms with E-state index in [1.165, 1.54) is 11.1 Å². The summed E-state index contributed by atoms with van der Waals surface area (Å²) >= 11 is 4.66. The number of hydrogen-bond acceptors (Lipinski definition) is 1. The topological polar surface area (TPSA) is 0 Å². The summed E-state index contributed by atoms with van der Waals surface area (Å²) in [6.45, 7) is 8.77. The van der Waals surface area contributed by atoms with E-state index in [0.29, 0.717) is 5.92 Å². The number of benzene rings is 1. The summed E-state index contributed by atoms with van der Waals surface area (Å²) in [5.41, 5.74) is 2.71. The molecule has 0 radical (unpaired) electrons. The Morgan fingerprint density at radius 1 is 1.21 bits per heavy atom. The van der Waals surface area contributed by atoms with Crippen LogP contribution >= 0.6 is 12.6 Å². The summed E-state index contributed by atoms with van der Waals surface area (Å²) in [4.78, 5) is 0. The Hall–Kier alpha value is -0.430. The van der Waals surface area contributed by atoms with E-state index in [1.54, 1.807) is 0 Å². The van der Waals surface area contributed by atoms with Crippen LogP contribution in [0.4, 0.5) is 0 Å². The predicted molar refractivity (Wildman–Crippen MR) is 67.2 cm³/mol. The highest BCUT2D eigenvalue weighted by Crippen LogP contribution is 2.31. The Morgan fingerprint density at radius 2 is 1.71 bits per heavy atom. The van der Waals surface area contributed by atoms with Crippen LogP contribution in [0.5, 0.6) is 0 Å². The van der Waals surface area contributed by atoms with E-state index >= 15 is 0 Å². The van der Waals surface area contributed by atoms with Gasteiger partial charge in [0.05, 0.1) is 0 Å². The van der Waals surface area contributed by atoms with E-state index in [0.717, 1.165) is 6.42 Å². The third kappa shape index (κ3) is 2.54. The maximum atomic E-state index is 4.66. The van der Waals surface area contributed by atoms with Crippen molar-refractivity contribution in [2.45, 2.75) is 44.8 Å². The van der Waals surface area contributed by atoms with Gasteiger partial charge in [0, 0.05) is 4.75 Å². The summed E-state index contributed by atoms with van der Waals surface area (Å²) in [5.74, 6) is 0.608. The fraction of sp³-hybridized carbons (Fsp3) is 0.538. The van der Waals surface area contributed by atoms with Gasteiger partial charge in [0.25, 0.3) is 0 Å². The number of thiol groups is 1. The lowest BCUT2D eigenvalue weighted by Gasteiger charge is -2.22. The molecule has 0 spiro atoms.